The van der Waals surface area contributed by atoms with Crippen molar-refractivity contribution in [2.45, 2.75) is 12.5 Å². The summed E-state index contributed by atoms with van der Waals surface area (Å²) in [7, 11) is 0. The van der Waals surface area contributed by atoms with Gasteiger partial charge in [0.25, 0.3) is 0 Å². The van der Waals surface area contributed by atoms with Crippen molar-refractivity contribution in [3.05, 3.63) is 64.6 Å². The Morgan fingerprint density at radius 1 is 1.10 bits per heavy atom. The van der Waals surface area contributed by atoms with Gasteiger partial charge in [-0.05, 0) is 40.0 Å². The topological polar surface area (TPSA) is 61.4 Å². The van der Waals surface area contributed by atoms with Crippen LogP contribution in [-0.4, -0.2) is 17.7 Å². The summed E-state index contributed by atoms with van der Waals surface area (Å²) in [6.45, 7) is 0.395. The number of hydrogen-bond donors (Lipinski definition) is 3. The van der Waals surface area contributed by atoms with Crippen LogP contribution in [0.25, 0.3) is 0 Å². The van der Waals surface area contributed by atoms with E-state index in [-0.39, 0.29) is 6.03 Å². The number of carbonyl (C=O) groups is 1. The Kier molecular flexibility index (Phi) is 5.78. The third-order valence-electron chi connectivity index (χ3n) is 3.01. The summed E-state index contributed by atoms with van der Waals surface area (Å²) in [4.78, 5) is 11.8. The van der Waals surface area contributed by atoms with Gasteiger partial charge in [0.05, 0.1) is 11.8 Å². The Bertz CT molecular complexity index is 590. The van der Waals surface area contributed by atoms with Gasteiger partial charge in [-0.2, -0.15) is 0 Å². The molecule has 0 saturated carbocycles. The number of rotatable bonds is 5. The Morgan fingerprint density at radius 2 is 1.76 bits per heavy atom. The maximum absolute atomic E-state index is 11.8. The summed E-state index contributed by atoms with van der Waals surface area (Å²) in [5.41, 5.74) is 1.56. The van der Waals surface area contributed by atoms with Gasteiger partial charge in [0, 0.05) is 11.0 Å². The van der Waals surface area contributed by atoms with Crippen LogP contribution in [0.2, 0.25) is 0 Å². The first-order chi connectivity index (χ1) is 10.2. The molecule has 0 spiro atoms. The Hall–Kier alpha value is -1.85. The van der Waals surface area contributed by atoms with Gasteiger partial charge in [-0.1, -0.05) is 42.5 Å². The molecule has 0 saturated heterocycles. The lowest BCUT2D eigenvalue weighted by Gasteiger charge is -2.12. The number of urea groups is 1. The quantitative estimate of drug-likeness (QED) is 0.771. The van der Waals surface area contributed by atoms with Crippen LogP contribution in [0.15, 0.2) is 59.1 Å². The van der Waals surface area contributed by atoms with E-state index in [1.165, 1.54) is 0 Å². The van der Waals surface area contributed by atoms with Crippen molar-refractivity contribution in [3.63, 3.8) is 0 Å². The predicted octanol–water partition coefficient (Wildman–Crippen LogP) is 3.69. The molecule has 5 heteroatoms. The molecule has 0 aliphatic rings. The molecule has 2 rings (SSSR count). The highest BCUT2D eigenvalue weighted by Gasteiger charge is 2.08. The van der Waals surface area contributed by atoms with E-state index in [1.807, 2.05) is 54.6 Å². The Balaban J connectivity index is 1.76. The van der Waals surface area contributed by atoms with Crippen molar-refractivity contribution in [1.29, 1.82) is 0 Å². The number of benzene rings is 2. The van der Waals surface area contributed by atoms with Gasteiger partial charge in [-0.25, -0.2) is 4.79 Å². The number of nitrogens with one attached hydrogen (secondary N) is 2. The molecular weight excluding hydrogens is 332 g/mol. The smallest absolute Gasteiger partial charge is 0.319 e. The first-order valence-electron chi connectivity index (χ1n) is 6.69. The van der Waals surface area contributed by atoms with E-state index in [1.54, 1.807) is 0 Å². The molecular formula is C16H17BrN2O2. The lowest BCUT2D eigenvalue weighted by molar-refractivity contribution is 0.167. The third-order valence-corrected chi connectivity index (χ3v) is 3.70. The fourth-order valence-corrected chi connectivity index (χ4v) is 2.28. The zero-order chi connectivity index (χ0) is 15.1. The van der Waals surface area contributed by atoms with Crippen molar-refractivity contribution in [2.24, 2.45) is 0 Å². The molecule has 1 atom stereocenters. The average molecular weight is 349 g/mol. The maximum Gasteiger partial charge on any atom is 0.319 e. The van der Waals surface area contributed by atoms with Gasteiger partial charge >= 0.3 is 6.03 Å². The van der Waals surface area contributed by atoms with E-state index in [2.05, 4.69) is 26.6 Å². The number of para-hydroxylation sites is 1. The molecule has 2 aromatic carbocycles. The lowest BCUT2D eigenvalue weighted by Crippen LogP contribution is -2.30. The second-order valence-corrected chi connectivity index (χ2v) is 5.43. The van der Waals surface area contributed by atoms with Gasteiger partial charge in [0.1, 0.15) is 0 Å². The normalized spacial score (nSPS) is 11.7. The number of aliphatic hydroxyl groups is 1. The molecule has 4 nitrogen and oxygen atoms in total. The first kappa shape index (κ1) is 15.5. The lowest BCUT2D eigenvalue weighted by atomic mass is 10.1. The van der Waals surface area contributed by atoms with Crippen LogP contribution in [0.4, 0.5) is 10.5 Å². The SMILES string of the molecule is O=C(NCCC(O)c1ccccc1)Nc1ccccc1Br. The molecule has 0 heterocycles. The van der Waals surface area contributed by atoms with Crippen LogP contribution in [0.5, 0.6) is 0 Å². The number of anilines is 1. The van der Waals surface area contributed by atoms with Crippen molar-refractivity contribution >= 4 is 27.6 Å². The molecule has 21 heavy (non-hydrogen) atoms. The number of halogens is 1. The Labute approximate surface area is 132 Å². The highest BCUT2D eigenvalue weighted by atomic mass is 79.9. The van der Waals surface area contributed by atoms with Crippen LogP contribution in [0.3, 0.4) is 0 Å². The average Bonchev–Trinajstić information content (AvgIpc) is 2.50. The number of hydrogen-bond acceptors (Lipinski definition) is 2. The second-order valence-electron chi connectivity index (χ2n) is 4.58. The minimum absolute atomic E-state index is 0.290. The zero-order valence-corrected chi connectivity index (χ0v) is 13.0. The summed E-state index contributed by atoms with van der Waals surface area (Å²) in [6, 6.07) is 16.5. The van der Waals surface area contributed by atoms with Gasteiger partial charge in [-0.15, -0.1) is 0 Å². The van der Waals surface area contributed by atoms with Gasteiger partial charge in [0.2, 0.25) is 0 Å². The number of aliphatic hydroxyl groups excluding tert-OH is 1. The van der Waals surface area contributed by atoms with Gasteiger partial charge < -0.3 is 15.7 Å². The molecule has 1 unspecified atom stereocenters. The number of amides is 2. The van der Waals surface area contributed by atoms with Crippen LogP contribution in [0.1, 0.15) is 18.1 Å². The molecule has 0 fully saturated rings. The highest BCUT2D eigenvalue weighted by Crippen LogP contribution is 2.21. The summed E-state index contributed by atoms with van der Waals surface area (Å²) in [5.74, 6) is 0. The van der Waals surface area contributed by atoms with E-state index >= 15 is 0 Å². The second kappa shape index (κ2) is 7.81. The molecule has 2 amide bonds. The van der Waals surface area contributed by atoms with Gasteiger partial charge in [0.15, 0.2) is 0 Å². The molecule has 0 aliphatic heterocycles. The van der Waals surface area contributed by atoms with E-state index < -0.39 is 6.10 Å². The first-order valence-corrected chi connectivity index (χ1v) is 7.48. The third kappa shape index (κ3) is 4.88. The molecule has 3 N–H and O–H groups in total. The van der Waals surface area contributed by atoms with Crippen LogP contribution >= 0.6 is 15.9 Å². The van der Waals surface area contributed by atoms with Crippen molar-refractivity contribution < 1.29 is 9.90 Å². The standard InChI is InChI=1S/C16H17BrN2O2/c17-13-8-4-5-9-14(13)19-16(21)18-11-10-15(20)12-6-2-1-3-7-12/h1-9,15,20H,10-11H2,(H2,18,19,21). The van der Waals surface area contributed by atoms with E-state index in [9.17, 15) is 9.90 Å². The van der Waals surface area contributed by atoms with Crippen molar-refractivity contribution in [1.82, 2.24) is 5.32 Å². The Morgan fingerprint density at radius 3 is 2.48 bits per heavy atom. The van der Waals surface area contributed by atoms with Crippen LogP contribution in [0, 0.1) is 0 Å². The molecule has 0 bridgehead atoms. The summed E-state index contributed by atoms with van der Waals surface area (Å²) in [6.07, 6.45) is -0.108. The summed E-state index contributed by atoms with van der Waals surface area (Å²) >= 11 is 3.36. The van der Waals surface area contributed by atoms with Crippen LogP contribution in [-0.2, 0) is 0 Å². The minimum atomic E-state index is -0.574. The van der Waals surface area contributed by atoms with Crippen molar-refractivity contribution in [3.8, 4) is 0 Å². The molecule has 110 valence electrons. The summed E-state index contributed by atoms with van der Waals surface area (Å²) < 4.78 is 0.824. The number of carbonyl (C=O) groups excluding carboxylic acids is 1. The zero-order valence-electron chi connectivity index (χ0n) is 11.4. The van der Waals surface area contributed by atoms with Crippen LogP contribution < -0.4 is 10.6 Å². The molecule has 0 radical (unpaired) electrons. The van der Waals surface area contributed by atoms with Gasteiger partial charge in [-0.3, -0.25) is 0 Å². The predicted molar refractivity (Wildman–Crippen MR) is 87.2 cm³/mol. The largest absolute Gasteiger partial charge is 0.388 e. The summed E-state index contributed by atoms with van der Waals surface area (Å²) in [5, 5.41) is 15.5. The highest BCUT2D eigenvalue weighted by molar-refractivity contribution is 9.10. The molecule has 0 aliphatic carbocycles. The maximum atomic E-state index is 11.8. The fraction of sp³-hybridized carbons (Fsp3) is 0.188. The molecule has 0 aromatic heterocycles. The fourth-order valence-electron chi connectivity index (χ4n) is 1.89. The van der Waals surface area contributed by atoms with E-state index in [0.29, 0.717) is 18.7 Å². The van der Waals surface area contributed by atoms with E-state index in [0.717, 1.165) is 10.0 Å². The molecule has 2 aromatic rings. The van der Waals surface area contributed by atoms with E-state index in [4.69, 9.17) is 0 Å². The minimum Gasteiger partial charge on any atom is -0.388 e. The monoisotopic (exact) mass is 348 g/mol. The van der Waals surface area contributed by atoms with Crippen molar-refractivity contribution in [2.75, 3.05) is 11.9 Å².